The van der Waals surface area contributed by atoms with Crippen LogP contribution in [0.25, 0.3) is 16.9 Å². The van der Waals surface area contributed by atoms with Gasteiger partial charge in [-0.15, -0.1) is 0 Å². The zero-order valence-corrected chi connectivity index (χ0v) is 15.8. The molecule has 0 saturated carbocycles. The van der Waals surface area contributed by atoms with Crippen molar-refractivity contribution < 1.29 is 13.9 Å². The Hall–Kier alpha value is -2.97. The molecule has 3 aromatic rings. The van der Waals surface area contributed by atoms with Crippen molar-refractivity contribution in [2.45, 2.75) is 6.54 Å². The number of hydrogen-bond acceptors (Lipinski definition) is 5. The maximum absolute atomic E-state index is 13.9. The molecule has 0 aliphatic carbocycles. The van der Waals surface area contributed by atoms with Gasteiger partial charge in [-0.2, -0.15) is 5.10 Å². The molecule has 1 aliphatic rings. The SMILES string of the molecule is COc1cc(-n2nc(CN3CNC(=O)C3)cc2-c2cc(F)cc(Cl)c2)ccn1. The molecular formula is C19H17ClFN5O2. The number of benzene rings is 1. The number of methoxy groups -OCH3 is 1. The van der Waals surface area contributed by atoms with Crippen LogP contribution in [0.5, 0.6) is 5.88 Å². The van der Waals surface area contributed by atoms with Crippen LogP contribution in [-0.4, -0.2) is 45.9 Å². The van der Waals surface area contributed by atoms with Gasteiger partial charge in [-0.3, -0.25) is 9.69 Å². The van der Waals surface area contributed by atoms with E-state index in [1.807, 2.05) is 11.0 Å². The average molecular weight is 402 g/mol. The zero-order valence-electron chi connectivity index (χ0n) is 15.0. The summed E-state index contributed by atoms with van der Waals surface area (Å²) in [5.74, 6) is -0.0130. The predicted molar refractivity (Wildman–Crippen MR) is 102 cm³/mol. The smallest absolute Gasteiger partial charge is 0.235 e. The molecule has 4 rings (SSSR count). The normalized spacial score (nSPS) is 14.3. The highest BCUT2D eigenvalue weighted by molar-refractivity contribution is 6.30. The number of carbonyl (C=O) groups is 1. The number of carbonyl (C=O) groups excluding carboxylic acids is 1. The Kier molecular flexibility index (Phi) is 4.97. The number of rotatable bonds is 5. The summed E-state index contributed by atoms with van der Waals surface area (Å²) in [5.41, 5.74) is 2.71. The maximum Gasteiger partial charge on any atom is 0.235 e. The van der Waals surface area contributed by atoms with Crippen LogP contribution in [0.2, 0.25) is 5.02 Å². The van der Waals surface area contributed by atoms with Gasteiger partial charge < -0.3 is 10.1 Å². The summed E-state index contributed by atoms with van der Waals surface area (Å²) in [7, 11) is 1.53. The molecule has 1 N–H and O–H groups in total. The van der Waals surface area contributed by atoms with Crippen molar-refractivity contribution in [1.29, 1.82) is 0 Å². The third kappa shape index (κ3) is 3.83. The van der Waals surface area contributed by atoms with E-state index in [1.165, 1.54) is 19.2 Å². The summed E-state index contributed by atoms with van der Waals surface area (Å²) < 4.78 is 20.8. The highest BCUT2D eigenvalue weighted by Gasteiger charge is 2.21. The van der Waals surface area contributed by atoms with Crippen LogP contribution in [0.4, 0.5) is 4.39 Å². The molecule has 1 fully saturated rings. The van der Waals surface area contributed by atoms with E-state index in [9.17, 15) is 9.18 Å². The first-order valence-electron chi connectivity index (χ1n) is 8.57. The second-order valence-corrected chi connectivity index (χ2v) is 6.83. The number of nitrogens with zero attached hydrogens (tertiary/aromatic N) is 4. The Labute approximate surface area is 165 Å². The quantitative estimate of drug-likeness (QED) is 0.711. The summed E-state index contributed by atoms with van der Waals surface area (Å²) in [4.78, 5) is 17.5. The minimum atomic E-state index is -0.432. The van der Waals surface area contributed by atoms with Crippen LogP contribution >= 0.6 is 11.6 Å². The number of hydrogen-bond donors (Lipinski definition) is 1. The van der Waals surface area contributed by atoms with Crippen LogP contribution in [0.1, 0.15) is 5.69 Å². The standard InChI is InChI=1S/C19H17ClFN5O2/c1-28-19-8-16(2-3-22-19)26-17(12-4-13(20)6-14(21)5-12)7-15(24-26)9-25-10-18(27)23-11-25/h2-8H,9-11H2,1H3,(H,23,27). The molecule has 1 aromatic carbocycles. The summed E-state index contributed by atoms with van der Waals surface area (Å²) in [6, 6.07) is 9.72. The van der Waals surface area contributed by atoms with E-state index in [0.29, 0.717) is 47.6 Å². The molecule has 0 atom stereocenters. The minimum Gasteiger partial charge on any atom is -0.481 e. The molecule has 2 aromatic heterocycles. The van der Waals surface area contributed by atoms with Gasteiger partial charge in [-0.25, -0.2) is 14.1 Å². The number of halogens is 2. The molecule has 3 heterocycles. The summed E-state index contributed by atoms with van der Waals surface area (Å²) >= 11 is 6.05. The first kappa shape index (κ1) is 18.4. The minimum absolute atomic E-state index is 0.0181. The van der Waals surface area contributed by atoms with Crippen LogP contribution in [0.15, 0.2) is 42.6 Å². The molecule has 9 heteroatoms. The van der Waals surface area contributed by atoms with Crippen LogP contribution < -0.4 is 10.1 Å². The Bertz CT molecular complexity index is 1020. The van der Waals surface area contributed by atoms with Crippen molar-refractivity contribution in [3.8, 4) is 22.8 Å². The highest BCUT2D eigenvalue weighted by Crippen LogP contribution is 2.28. The summed E-state index contributed by atoms with van der Waals surface area (Å²) in [5, 5.41) is 7.73. The third-order valence-corrected chi connectivity index (χ3v) is 4.56. The Balaban J connectivity index is 1.78. The van der Waals surface area contributed by atoms with Gasteiger partial charge in [-0.05, 0) is 30.3 Å². The fraction of sp³-hybridized carbons (Fsp3) is 0.211. The van der Waals surface area contributed by atoms with Crippen molar-refractivity contribution >= 4 is 17.5 Å². The molecule has 28 heavy (non-hydrogen) atoms. The Morgan fingerprint density at radius 1 is 1.29 bits per heavy atom. The van der Waals surface area contributed by atoms with Crippen molar-refractivity contribution in [1.82, 2.24) is 25.0 Å². The van der Waals surface area contributed by atoms with E-state index in [1.54, 1.807) is 29.1 Å². The molecular weight excluding hydrogens is 385 g/mol. The molecule has 0 unspecified atom stereocenters. The molecule has 0 bridgehead atoms. The maximum atomic E-state index is 13.9. The molecule has 144 valence electrons. The van der Waals surface area contributed by atoms with Gasteiger partial charge in [0.2, 0.25) is 11.8 Å². The van der Waals surface area contributed by atoms with Crippen molar-refractivity contribution in [3.05, 3.63) is 59.1 Å². The van der Waals surface area contributed by atoms with E-state index in [0.717, 1.165) is 5.69 Å². The fourth-order valence-corrected chi connectivity index (χ4v) is 3.33. The lowest BCUT2D eigenvalue weighted by atomic mass is 10.1. The lowest BCUT2D eigenvalue weighted by Crippen LogP contribution is -2.21. The highest BCUT2D eigenvalue weighted by atomic mass is 35.5. The fourth-order valence-electron chi connectivity index (χ4n) is 3.11. The first-order chi connectivity index (χ1) is 13.5. The van der Waals surface area contributed by atoms with Gasteiger partial charge in [0.25, 0.3) is 0 Å². The van der Waals surface area contributed by atoms with E-state index >= 15 is 0 Å². The number of aromatic nitrogens is 3. The topological polar surface area (TPSA) is 72.3 Å². The first-order valence-corrected chi connectivity index (χ1v) is 8.94. The van der Waals surface area contributed by atoms with Gasteiger partial charge in [0.05, 0.1) is 37.4 Å². The second kappa shape index (κ2) is 7.57. The molecule has 1 amide bonds. The van der Waals surface area contributed by atoms with E-state index in [4.69, 9.17) is 16.3 Å². The van der Waals surface area contributed by atoms with Crippen molar-refractivity contribution in [2.75, 3.05) is 20.3 Å². The van der Waals surface area contributed by atoms with E-state index in [-0.39, 0.29) is 5.91 Å². The number of amides is 1. The van der Waals surface area contributed by atoms with Gasteiger partial charge in [0.1, 0.15) is 5.82 Å². The molecule has 1 saturated heterocycles. The Morgan fingerprint density at radius 2 is 2.14 bits per heavy atom. The van der Waals surface area contributed by atoms with Crippen molar-refractivity contribution in [2.24, 2.45) is 0 Å². The molecule has 7 nitrogen and oxygen atoms in total. The zero-order chi connectivity index (χ0) is 19.7. The number of pyridine rings is 1. The van der Waals surface area contributed by atoms with Gasteiger partial charge >= 0.3 is 0 Å². The second-order valence-electron chi connectivity index (χ2n) is 6.39. The lowest BCUT2D eigenvalue weighted by molar-refractivity contribution is -0.118. The molecule has 1 aliphatic heterocycles. The van der Waals surface area contributed by atoms with Crippen LogP contribution in [-0.2, 0) is 11.3 Å². The summed E-state index contributed by atoms with van der Waals surface area (Å²) in [6.45, 7) is 1.26. The largest absolute Gasteiger partial charge is 0.481 e. The van der Waals surface area contributed by atoms with Gasteiger partial charge in [-0.1, -0.05) is 11.6 Å². The van der Waals surface area contributed by atoms with Gasteiger partial charge in [0.15, 0.2) is 0 Å². The predicted octanol–water partition coefficient (Wildman–Crippen LogP) is 2.62. The van der Waals surface area contributed by atoms with E-state index < -0.39 is 5.82 Å². The van der Waals surface area contributed by atoms with E-state index in [2.05, 4.69) is 15.4 Å². The number of ether oxygens (including phenoxy) is 1. The summed E-state index contributed by atoms with van der Waals surface area (Å²) in [6.07, 6.45) is 1.61. The number of nitrogens with one attached hydrogen (secondary N) is 1. The molecule has 0 spiro atoms. The van der Waals surface area contributed by atoms with Crippen LogP contribution in [0.3, 0.4) is 0 Å². The van der Waals surface area contributed by atoms with Gasteiger partial charge in [0, 0.05) is 29.4 Å². The average Bonchev–Trinajstić information content (AvgIpc) is 3.27. The molecule has 0 radical (unpaired) electrons. The monoisotopic (exact) mass is 401 g/mol. The Morgan fingerprint density at radius 3 is 2.86 bits per heavy atom. The third-order valence-electron chi connectivity index (χ3n) is 4.34. The van der Waals surface area contributed by atoms with Crippen LogP contribution in [0, 0.1) is 5.82 Å². The lowest BCUT2D eigenvalue weighted by Gasteiger charge is -2.10. The van der Waals surface area contributed by atoms with Crippen molar-refractivity contribution in [3.63, 3.8) is 0 Å².